The summed E-state index contributed by atoms with van der Waals surface area (Å²) < 4.78 is 32.2. The average Bonchev–Trinajstić information content (AvgIpc) is 3.75. The first-order valence-electron chi connectivity index (χ1n) is 12.2. The van der Waals surface area contributed by atoms with E-state index in [0.29, 0.717) is 28.2 Å². The highest BCUT2D eigenvalue weighted by Crippen LogP contribution is 2.50. The molecule has 4 heterocycles. The molecule has 0 radical (unpaired) electrons. The van der Waals surface area contributed by atoms with Crippen molar-refractivity contribution in [2.45, 2.75) is 37.6 Å². The lowest BCUT2D eigenvalue weighted by molar-refractivity contribution is 0.0954. The zero-order chi connectivity index (χ0) is 25.5. The van der Waals surface area contributed by atoms with E-state index in [1.807, 2.05) is 31.4 Å². The van der Waals surface area contributed by atoms with Gasteiger partial charge in [0.25, 0.3) is 11.5 Å². The highest BCUT2D eigenvalue weighted by Gasteiger charge is 2.56. The quantitative estimate of drug-likeness (QED) is 0.355. The van der Waals surface area contributed by atoms with E-state index in [-0.39, 0.29) is 24.1 Å². The topological polar surface area (TPSA) is 94.3 Å². The van der Waals surface area contributed by atoms with Crippen molar-refractivity contribution in [1.29, 1.82) is 5.26 Å². The number of alkyl halides is 2. The summed E-state index contributed by atoms with van der Waals surface area (Å²) in [6.07, 6.45) is 7.01. The molecule has 0 bridgehead atoms. The highest BCUT2D eigenvalue weighted by atomic mass is 19.3. The van der Waals surface area contributed by atoms with Gasteiger partial charge in [-0.2, -0.15) is 20.1 Å². The number of hydrogen-bond donors (Lipinski definition) is 0. The monoisotopic (exact) mass is 497 g/mol. The molecule has 2 aliphatic carbocycles. The van der Waals surface area contributed by atoms with E-state index in [1.165, 1.54) is 10.9 Å². The molecule has 0 unspecified atom stereocenters. The number of rotatable bonds is 5. The van der Waals surface area contributed by atoms with Crippen LogP contribution in [-0.4, -0.2) is 35.0 Å². The second-order valence-corrected chi connectivity index (χ2v) is 10.1. The van der Waals surface area contributed by atoms with Gasteiger partial charge in [-0.15, -0.1) is 0 Å². The summed E-state index contributed by atoms with van der Waals surface area (Å²) in [5.41, 5.74) is 3.59. The molecule has 37 heavy (non-hydrogen) atoms. The van der Waals surface area contributed by atoms with E-state index >= 15 is 0 Å². The largest absolute Gasteiger partial charge is 0.344 e. The summed E-state index contributed by atoms with van der Waals surface area (Å²) in [7, 11) is 1.82. The Kier molecular flexibility index (Phi) is 4.46. The third-order valence-corrected chi connectivity index (χ3v) is 7.31. The Morgan fingerprint density at radius 3 is 2.65 bits per heavy atom. The van der Waals surface area contributed by atoms with Crippen molar-refractivity contribution < 1.29 is 8.78 Å². The Morgan fingerprint density at radius 2 is 1.97 bits per heavy atom. The van der Waals surface area contributed by atoms with Gasteiger partial charge in [-0.25, -0.2) is 8.78 Å². The molecular formula is C27H21F2N7O. The zero-order valence-electron chi connectivity index (χ0n) is 19.9. The van der Waals surface area contributed by atoms with E-state index in [0.717, 1.165) is 29.4 Å². The minimum atomic E-state index is -2.74. The van der Waals surface area contributed by atoms with Crippen molar-refractivity contribution >= 4 is 21.9 Å². The molecule has 2 fully saturated rings. The van der Waals surface area contributed by atoms with Crippen LogP contribution in [0, 0.1) is 17.2 Å². The molecule has 0 aliphatic heterocycles. The Morgan fingerprint density at radius 1 is 1.16 bits per heavy atom. The van der Waals surface area contributed by atoms with Crippen molar-refractivity contribution in [3.8, 4) is 22.9 Å². The number of halogens is 2. The maximum atomic E-state index is 14.0. The lowest BCUT2D eigenvalue weighted by atomic mass is 10.1. The SMILES string of the molecule is Cn1cc2cc(-n3nc4c(C#N)cn(C[C@@H]5CC5(F)F)c4c(-c4ccc(C5CC5)nc4)c3=O)ccc2n1. The maximum absolute atomic E-state index is 14.0. The maximum Gasteiger partial charge on any atom is 0.281 e. The van der Waals surface area contributed by atoms with Crippen molar-refractivity contribution in [1.82, 2.24) is 29.1 Å². The van der Waals surface area contributed by atoms with Crippen LogP contribution >= 0.6 is 0 Å². The van der Waals surface area contributed by atoms with Crippen LogP contribution in [0.15, 0.2) is 53.7 Å². The predicted molar refractivity (Wildman–Crippen MR) is 133 cm³/mol. The van der Waals surface area contributed by atoms with E-state index in [9.17, 15) is 18.8 Å². The fourth-order valence-corrected chi connectivity index (χ4v) is 5.07. The van der Waals surface area contributed by atoms with Crippen LogP contribution in [0.4, 0.5) is 8.78 Å². The van der Waals surface area contributed by atoms with Crippen LogP contribution in [0.2, 0.25) is 0 Å². The zero-order valence-corrected chi connectivity index (χ0v) is 19.9. The number of pyridine rings is 1. The molecule has 0 N–H and O–H groups in total. The molecule has 0 amide bonds. The van der Waals surface area contributed by atoms with Gasteiger partial charge in [-0.1, -0.05) is 6.07 Å². The molecule has 7 rings (SSSR count). The van der Waals surface area contributed by atoms with Gasteiger partial charge < -0.3 is 4.57 Å². The summed E-state index contributed by atoms with van der Waals surface area (Å²) in [5.74, 6) is -3.13. The molecule has 4 aromatic heterocycles. The molecule has 0 spiro atoms. The fraction of sp³-hybridized carbons (Fsp3) is 0.296. The van der Waals surface area contributed by atoms with Crippen molar-refractivity contribution in [3.05, 3.63) is 70.5 Å². The Bertz CT molecular complexity index is 1820. The summed E-state index contributed by atoms with van der Waals surface area (Å²) in [6.45, 7) is -0.00144. The van der Waals surface area contributed by atoms with Gasteiger partial charge in [0, 0.05) is 67.1 Å². The van der Waals surface area contributed by atoms with Gasteiger partial charge in [-0.3, -0.25) is 14.5 Å². The second-order valence-electron chi connectivity index (χ2n) is 10.1. The van der Waals surface area contributed by atoms with Crippen LogP contribution in [0.1, 0.15) is 36.4 Å². The predicted octanol–water partition coefficient (Wildman–Crippen LogP) is 4.54. The number of nitrogens with zero attached hydrogens (tertiary/aromatic N) is 7. The molecule has 184 valence electrons. The summed E-state index contributed by atoms with van der Waals surface area (Å²) in [6, 6.07) is 11.3. The molecule has 0 saturated heterocycles. The van der Waals surface area contributed by atoms with Crippen LogP contribution < -0.4 is 5.56 Å². The number of aromatic nitrogens is 6. The summed E-state index contributed by atoms with van der Waals surface area (Å²) in [5, 5.41) is 19.7. The first kappa shape index (κ1) is 21.9. The summed E-state index contributed by atoms with van der Waals surface area (Å²) >= 11 is 0. The lowest BCUT2D eigenvalue weighted by Gasteiger charge is -2.13. The Labute approximate surface area is 209 Å². The van der Waals surface area contributed by atoms with E-state index < -0.39 is 17.4 Å². The molecule has 2 aliphatic rings. The van der Waals surface area contributed by atoms with Crippen LogP contribution in [0.25, 0.3) is 38.8 Å². The van der Waals surface area contributed by atoms with Gasteiger partial charge in [0.1, 0.15) is 11.6 Å². The normalized spacial score (nSPS) is 18.4. The minimum Gasteiger partial charge on any atom is -0.344 e. The lowest BCUT2D eigenvalue weighted by Crippen LogP contribution is -2.24. The first-order valence-corrected chi connectivity index (χ1v) is 12.2. The van der Waals surface area contributed by atoms with Gasteiger partial charge >= 0.3 is 0 Å². The molecule has 5 aromatic rings. The Hall–Kier alpha value is -4.39. The smallest absolute Gasteiger partial charge is 0.281 e. The van der Waals surface area contributed by atoms with Gasteiger partial charge in [0.2, 0.25) is 0 Å². The molecule has 8 nitrogen and oxygen atoms in total. The van der Waals surface area contributed by atoms with Crippen LogP contribution in [0.3, 0.4) is 0 Å². The number of fused-ring (bicyclic) bond motifs is 2. The van der Waals surface area contributed by atoms with E-state index in [1.54, 1.807) is 27.6 Å². The number of aryl methyl sites for hydroxylation is 1. The standard InChI is InChI=1S/C27H21F2N7O/c1-34-12-17-8-20(5-7-22(17)32-34)36-26(37)23(16-4-6-21(31-11-16)15-2-3-15)25-24(33-36)18(10-30)13-35(25)14-19-9-27(19,28)29/h4-8,11-13,15,19H,2-3,9,14H2,1H3/t19-/m0/s1. The third-order valence-electron chi connectivity index (χ3n) is 7.31. The van der Waals surface area contributed by atoms with E-state index in [4.69, 9.17) is 0 Å². The number of hydrogen-bond acceptors (Lipinski definition) is 5. The first-order chi connectivity index (χ1) is 17.8. The average molecular weight is 498 g/mol. The molecular weight excluding hydrogens is 476 g/mol. The van der Waals surface area contributed by atoms with Gasteiger partial charge in [0.15, 0.2) is 0 Å². The number of nitriles is 1. The van der Waals surface area contributed by atoms with Crippen molar-refractivity contribution in [3.63, 3.8) is 0 Å². The fourth-order valence-electron chi connectivity index (χ4n) is 5.07. The molecule has 2 saturated carbocycles. The molecule has 1 aromatic carbocycles. The third kappa shape index (κ3) is 3.53. The van der Waals surface area contributed by atoms with Crippen LogP contribution in [0.5, 0.6) is 0 Å². The van der Waals surface area contributed by atoms with Crippen LogP contribution in [-0.2, 0) is 13.6 Å². The Balaban J connectivity index is 1.49. The summed E-state index contributed by atoms with van der Waals surface area (Å²) in [4.78, 5) is 18.6. The highest BCUT2D eigenvalue weighted by molar-refractivity contribution is 5.95. The minimum absolute atomic E-state index is 0.00144. The molecule has 10 heteroatoms. The van der Waals surface area contributed by atoms with Crippen molar-refractivity contribution in [2.75, 3.05) is 0 Å². The van der Waals surface area contributed by atoms with Gasteiger partial charge in [0.05, 0.1) is 27.8 Å². The number of benzene rings is 1. The van der Waals surface area contributed by atoms with Crippen molar-refractivity contribution in [2.24, 2.45) is 13.0 Å². The second kappa shape index (κ2) is 7.56. The van der Waals surface area contributed by atoms with E-state index in [2.05, 4.69) is 21.3 Å². The van der Waals surface area contributed by atoms with Gasteiger partial charge in [-0.05, 0) is 37.1 Å². The molecule has 1 atom stereocenters.